The molecular weight excluding hydrogens is 387 g/mol. The highest BCUT2D eigenvalue weighted by Crippen LogP contribution is 2.32. The van der Waals surface area contributed by atoms with Crippen LogP contribution in [0, 0.1) is 5.82 Å². The minimum atomic E-state index is -0.430. The second kappa shape index (κ2) is 7.18. The Hall–Kier alpha value is -3.87. The molecule has 0 spiro atoms. The first-order valence-electron chi connectivity index (χ1n) is 9.45. The zero-order valence-electron chi connectivity index (χ0n) is 15.9. The molecule has 0 unspecified atom stereocenters. The summed E-state index contributed by atoms with van der Waals surface area (Å²) < 4.78 is 26.7. The smallest absolute Gasteiger partial charge is 0.332 e. The van der Waals surface area contributed by atoms with Crippen molar-refractivity contribution in [2.24, 2.45) is 0 Å². The molecule has 1 aliphatic heterocycles. The minimum absolute atomic E-state index is 0.0998. The van der Waals surface area contributed by atoms with E-state index in [0.29, 0.717) is 22.4 Å². The van der Waals surface area contributed by atoms with Crippen molar-refractivity contribution in [3.05, 3.63) is 105 Å². The van der Waals surface area contributed by atoms with Gasteiger partial charge in [0, 0.05) is 0 Å². The zero-order valence-corrected chi connectivity index (χ0v) is 15.9. The van der Waals surface area contributed by atoms with E-state index in [4.69, 9.17) is 9.47 Å². The van der Waals surface area contributed by atoms with Crippen molar-refractivity contribution in [1.29, 1.82) is 0 Å². The molecule has 30 heavy (non-hydrogen) atoms. The van der Waals surface area contributed by atoms with E-state index >= 15 is 0 Å². The maximum Gasteiger partial charge on any atom is 0.332 e. The van der Waals surface area contributed by atoms with Gasteiger partial charge in [-0.1, -0.05) is 30.3 Å². The van der Waals surface area contributed by atoms with E-state index < -0.39 is 5.69 Å². The Kier molecular flexibility index (Phi) is 4.35. The van der Waals surface area contributed by atoms with E-state index in [1.54, 1.807) is 54.6 Å². The van der Waals surface area contributed by atoms with Crippen molar-refractivity contribution in [2.75, 3.05) is 6.79 Å². The van der Waals surface area contributed by atoms with Crippen molar-refractivity contribution >= 4 is 10.9 Å². The molecule has 0 fully saturated rings. The number of halogens is 1. The fraction of sp³-hybridized carbons (Fsp3) is 0.130. The van der Waals surface area contributed by atoms with Gasteiger partial charge < -0.3 is 9.47 Å². The second-order valence-electron chi connectivity index (χ2n) is 7.09. The number of nitrogens with zero attached hydrogens (tertiary/aromatic N) is 2. The van der Waals surface area contributed by atoms with Gasteiger partial charge in [0.1, 0.15) is 5.82 Å². The molecule has 0 saturated heterocycles. The van der Waals surface area contributed by atoms with Gasteiger partial charge in [0.15, 0.2) is 11.5 Å². The van der Waals surface area contributed by atoms with Gasteiger partial charge in [-0.15, -0.1) is 0 Å². The number of ether oxygens (including phenoxy) is 2. The van der Waals surface area contributed by atoms with Crippen molar-refractivity contribution < 1.29 is 13.9 Å². The predicted molar refractivity (Wildman–Crippen MR) is 110 cm³/mol. The largest absolute Gasteiger partial charge is 0.454 e. The summed E-state index contributed by atoms with van der Waals surface area (Å²) in [5.74, 6) is 0.884. The van der Waals surface area contributed by atoms with Crippen molar-refractivity contribution in [2.45, 2.75) is 13.1 Å². The molecule has 2 heterocycles. The molecule has 0 bridgehead atoms. The summed E-state index contributed by atoms with van der Waals surface area (Å²) in [5.41, 5.74) is 1.27. The summed E-state index contributed by atoms with van der Waals surface area (Å²) in [7, 11) is 0. The molecule has 150 valence electrons. The van der Waals surface area contributed by atoms with E-state index in [0.717, 1.165) is 11.1 Å². The monoisotopic (exact) mass is 404 g/mol. The van der Waals surface area contributed by atoms with E-state index in [1.165, 1.54) is 21.3 Å². The molecule has 0 amide bonds. The van der Waals surface area contributed by atoms with E-state index in [-0.39, 0.29) is 31.3 Å². The Morgan fingerprint density at radius 1 is 0.800 bits per heavy atom. The van der Waals surface area contributed by atoms with Crippen LogP contribution < -0.4 is 20.7 Å². The lowest BCUT2D eigenvalue weighted by Gasteiger charge is -2.14. The summed E-state index contributed by atoms with van der Waals surface area (Å²) in [4.78, 5) is 26.4. The van der Waals surface area contributed by atoms with Crippen LogP contribution >= 0.6 is 0 Å². The lowest BCUT2D eigenvalue weighted by molar-refractivity contribution is 0.174. The van der Waals surface area contributed by atoms with Crippen LogP contribution in [-0.2, 0) is 13.1 Å². The molecule has 1 aliphatic rings. The second-order valence-corrected chi connectivity index (χ2v) is 7.09. The highest BCUT2D eigenvalue weighted by atomic mass is 19.1. The third-order valence-electron chi connectivity index (χ3n) is 5.16. The average Bonchev–Trinajstić information content (AvgIpc) is 3.23. The van der Waals surface area contributed by atoms with Gasteiger partial charge in [-0.05, 0) is 47.5 Å². The number of rotatable bonds is 4. The number of aromatic nitrogens is 2. The normalized spacial score (nSPS) is 12.4. The molecule has 0 aliphatic carbocycles. The van der Waals surface area contributed by atoms with Gasteiger partial charge in [-0.2, -0.15) is 0 Å². The molecule has 0 N–H and O–H groups in total. The van der Waals surface area contributed by atoms with Gasteiger partial charge in [0.25, 0.3) is 5.56 Å². The number of benzene rings is 3. The standard InChI is InChI=1S/C23H17FN2O4/c24-17-8-5-15(6-9-17)12-25-19-4-2-1-3-18(19)22(27)26(23(25)28)13-16-7-10-20-21(11-16)30-14-29-20/h1-11H,12-14H2. The number of hydrogen-bond donors (Lipinski definition) is 0. The summed E-state index contributed by atoms with van der Waals surface area (Å²) in [6.45, 7) is 0.475. The summed E-state index contributed by atoms with van der Waals surface area (Å²) in [6, 6.07) is 18.3. The van der Waals surface area contributed by atoms with E-state index in [1.807, 2.05) is 0 Å². The molecule has 5 rings (SSSR count). The first-order valence-corrected chi connectivity index (χ1v) is 9.45. The number of hydrogen-bond acceptors (Lipinski definition) is 4. The van der Waals surface area contributed by atoms with Crippen molar-refractivity contribution in [3.8, 4) is 11.5 Å². The first kappa shape index (κ1) is 18.2. The molecule has 0 radical (unpaired) electrons. The van der Waals surface area contributed by atoms with Crippen LogP contribution in [0.15, 0.2) is 76.3 Å². The lowest BCUT2D eigenvalue weighted by atomic mass is 10.1. The maximum atomic E-state index is 13.3. The Labute approximate surface area is 170 Å². The van der Waals surface area contributed by atoms with Gasteiger partial charge in [0.05, 0.1) is 24.0 Å². The highest BCUT2D eigenvalue weighted by Gasteiger charge is 2.17. The van der Waals surface area contributed by atoms with E-state index in [2.05, 4.69) is 0 Å². The Bertz CT molecular complexity index is 1370. The summed E-state index contributed by atoms with van der Waals surface area (Å²) >= 11 is 0. The van der Waals surface area contributed by atoms with Crippen LogP contribution in [0.3, 0.4) is 0 Å². The fourth-order valence-electron chi connectivity index (χ4n) is 3.66. The SMILES string of the molecule is O=c1c2ccccc2n(Cc2ccc(F)cc2)c(=O)n1Cc1ccc2c(c1)OCO2. The molecule has 0 atom stereocenters. The van der Waals surface area contributed by atoms with Crippen LogP contribution in [0.5, 0.6) is 11.5 Å². The molecule has 0 saturated carbocycles. The zero-order chi connectivity index (χ0) is 20.7. The van der Waals surface area contributed by atoms with Gasteiger partial charge in [-0.25, -0.2) is 9.18 Å². The van der Waals surface area contributed by atoms with Crippen LogP contribution in [0.25, 0.3) is 10.9 Å². The van der Waals surface area contributed by atoms with Gasteiger partial charge >= 0.3 is 5.69 Å². The summed E-state index contributed by atoms with van der Waals surface area (Å²) in [5, 5.41) is 0.444. The average molecular weight is 404 g/mol. The molecule has 1 aromatic heterocycles. The molecule has 3 aromatic carbocycles. The summed E-state index contributed by atoms with van der Waals surface area (Å²) in [6.07, 6.45) is 0. The first-order chi connectivity index (χ1) is 14.6. The van der Waals surface area contributed by atoms with Crippen molar-refractivity contribution in [3.63, 3.8) is 0 Å². The Balaban J connectivity index is 1.64. The van der Waals surface area contributed by atoms with Gasteiger partial charge in [0.2, 0.25) is 6.79 Å². The van der Waals surface area contributed by atoms with Crippen LogP contribution in [0.4, 0.5) is 4.39 Å². The van der Waals surface area contributed by atoms with Crippen LogP contribution in [0.2, 0.25) is 0 Å². The van der Waals surface area contributed by atoms with Crippen LogP contribution in [0.1, 0.15) is 11.1 Å². The Morgan fingerprint density at radius 3 is 2.33 bits per heavy atom. The quantitative estimate of drug-likeness (QED) is 0.524. The third-order valence-corrected chi connectivity index (χ3v) is 5.16. The molecule has 7 heteroatoms. The molecule has 6 nitrogen and oxygen atoms in total. The Morgan fingerprint density at radius 2 is 1.50 bits per heavy atom. The van der Waals surface area contributed by atoms with Crippen molar-refractivity contribution in [1.82, 2.24) is 9.13 Å². The van der Waals surface area contributed by atoms with Crippen LogP contribution in [-0.4, -0.2) is 15.9 Å². The predicted octanol–water partition coefficient (Wildman–Crippen LogP) is 3.13. The third kappa shape index (κ3) is 3.14. The number of para-hydroxylation sites is 1. The maximum absolute atomic E-state index is 13.3. The fourth-order valence-corrected chi connectivity index (χ4v) is 3.66. The highest BCUT2D eigenvalue weighted by molar-refractivity contribution is 5.78. The topological polar surface area (TPSA) is 62.5 Å². The molecular formula is C23H17FN2O4. The van der Waals surface area contributed by atoms with E-state index in [9.17, 15) is 14.0 Å². The molecule has 4 aromatic rings. The van der Waals surface area contributed by atoms with Gasteiger partial charge in [-0.3, -0.25) is 13.9 Å². The minimum Gasteiger partial charge on any atom is -0.454 e. The lowest BCUT2D eigenvalue weighted by Crippen LogP contribution is -2.40. The number of fused-ring (bicyclic) bond motifs is 2.